The average molecular weight is 337 g/mol. The maximum absolute atomic E-state index is 12.5. The molecule has 0 aliphatic heterocycles. The van der Waals surface area contributed by atoms with Crippen molar-refractivity contribution in [2.45, 2.75) is 39.5 Å². The zero-order chi connectivity index (χ0) is 17.6. The van der Waals surface area contributed by atoms with E-state index in [9.17, 15) is 4.79 Å². The number of nitrogens with one attached hydrogen (secondary N) is 1. The highest BCUT2D eigenvalue weighted by molar-refractivity contribution is 5.94. The van der Waals surface area contributed by atoms with Gasteiger partial charge in [0.1, 0.15) is 6.10 Å². The number of aromatic nitrogens is 2. The smallest absolute Gasteiger partial charge is 0.255 e. The first-order valence-corrected chi connectivity index (χ1v) is 8.60. The molecule has 3 rings (SSSR count). The molecule has 0 aliphatic rings. The second-order valence-corrected chi connectivity index (χ2v) is 6.00. The van der Waals surface area contributed by atoms with Crippen LogP contribution in [0.5, 0.6) is 0 Å². The van der Waals surface area contributed by atoms with Crippen molar-refractivity contribution >= 4 is 22.9 Å². The molecular formula is C20H23N3O2. The van der Waals surface area contributed by atoms with Crippen LogP contribution in [0.15, 0.2) is 54.6 Å². The third-order valence-corrected chi connectivity index (χ3v) is 4.05. The number of aryl methyl sites for hydroxylation is 1. The monoisotopic (exact) mass is 337 g/mol. The average Bonchev–Trinajstić information content (AvgIpc) is 2.98. The summed E-state index contributed by atoms with van der Waals surface area (Å²) in [7, 11) is 0. The largest absolute Gasteiger partial charge is 0.364 e. The number of fused-ring (bicyclic) bond motifs is 1. The summed E-state index contributed by atoms with van der Waals surface area (Å²) >= 11 is 0. The summed E-state index contributed by atoms with van der Waals surface area (Å²) < 4.78 is 7.73. The Morgan fingerprint density at radius 1 is 1.16 bits per heavy atom. The molecule has 1 amide bonds. The third-order valence-electron chi connectivity index (χ3n) is 4.05. The lowest BCUT2D eigenvalue weighted by Gasteiger charge is -2.14. The van der Waals surface area contributed by atoms with Crippen LogP contribution in [0.4, 0.5) is 5.95 Å². The first kappa shape index (κ1) is 17.2. The van der Waals surface area contributed by atoms with Crippen molar-refractivity contribution in [2.24, 2.45) is 0 Å². The highest BCUT2D eigenvalue weighted by Crippen LogP contribution is 2.20. The molecule has 1 aromatic heterocycles. The van der Waals surface area contributed by atoms with Gasteiger partial charge in [0, 0.05) is 6.54 Å². The van der Waals surface area contributed by atoms with Gasteiger partial charge in [0.05, 0.1) is 17.6 Å². The SMILES string of the molecule is CCCn1c(NC(=O)C(C)OCc2ccccc2)nc2ccccc21. The molecule has 0 bridgehead atoms. The minimum absolute atomic E-state index is 0.191. The van der Waals surface area contributed by atoms with E-state index < -0.39 is 6.10 Å². The molecule has 1 heterocycles. The van der Waals surface area contributed by atoms with Gasteiger partial charge >= 0.3 is 0 Å². The van der Waals surface area contributed by atoms with Crippen LogP contribution >= 0.6 is 0 Å². The van der Waals surface area contributed by atoms with Gasteiger partial charge in [-0.2, -0.15) is 0 Å². The van der Waals surface area contributed by atoms with E-state index in [2.05, 4.69) is 17.2 Å². The molecule has 0 aliphatic carbocycles. The number of hydrogen-bond acceptors (Lipinski definition) is 3. The number of imidazole rings is 1. The molecule has 5 nitrogen and oxygen atoms in total. The topological polar surface area (TPSA) is 56.2 Å². The molecule has 0 saturated heterocycles. The Kier molecular flexibility index (Phi) is 5.46. The second kappa shape index (κ2) is 7.94. The summed E-state index contributed by atoms with van der Waals surface area (Å²) in [4.78, 5) is 17.0. The maximum atomic E-state index is 12.5. The van der Waals surface area contributed by atoms with Crippen molar-refractivity contribution in [2.75, 3.05) is 5.32 Å². The van der Waals surface area contributed by atoms with Gasteiger partial charge in [0.25, 0.3) is 5.91 Å². The van der Waals surface area contributed by atoms with Gasteiger partial charge < -0.3 is 9.30 Å². The van der Waals surface area contributed by atoms with Crippen LogP contribution in [-0.2, 0) is 22.7 Å². The first-order valence-electron chi connectivity index (χ1n) is 8.60. The molecule has 0 fully saturated rings. The van der Waals surface area contributed by atoms with Gasteiger partial charge in [0.15, 0.2) is 0 Å². The highest BCUT2D eigenvalue weighted by Gasteiger charge is 2.18. The van der Waals surface area contributed by atoms with Crippen molar-refractivity contribution in [1.82, 2.24) is 9.55 Å². The summed E-state index contributed by atoms with van der Waals surface area (Å²) in [5.41, 5.74) is 2.95. The van der Waals surface area contributed by atoms with Crippen molar-refractivity contribution in [3.63, 3.8) is 0 Å². The quantitative estimate of drug-likeness (QED) is 0.709. The molecule has 5 heteroatoms. The van der Waals surface area contributed by atoms with E-state index in [0.29, 0.717) is 12.6 Å². The van der Waals surface area contributed by atoms with Gasteiger partial charge in [-0.05, 0) is 31.0 Å². The summed E-state index contributed by atoms with van der Waals surface area (Å²) in [5.74, 6) is 0.381. The van der Waals surface area contributed by atoms with Crippen LogP contribution in [-0.4, -0.2) is 21.6 Å². The number of amides is 1. The molecule has 130 valence electrons. The number of hydrogen-bond donors (Lipinski definition) is 1. The van der Waals surface area contributed by atoms with Crippen LogP contribution in [0.1, 0.15) is 25.8 Å². The normalized spacial score (nSPS) is 12.2. The molecule has 3 aromatic rings. The molecule has 2 aromatic carbocycles. The van der Waals surface area contributed by atoms with Gasteiger partial charge in [-0.3, -0.25) is 10.1 Å². The number of rotatable bonds is 7. The van der Waals surface area contributed by atoms with Crippen LogP contribution in [0.2, 0.25) is 0 Å². The van der Waals surface area contributed by atoms with E-state index in [-0.39, 0.29) is 5.91 Å². The van der Waals surface area contributed by atoms with E-state index >= 15 is 0 Å². The first-order chi connectivity index (χ1) is 12.2. The standard InChI is InChI=1S/C20H23N3O2/c1-3-13-23-18-12-8-7-11-17(18)21-20(23)22-19(24)15(2)25-14-16-9-5-4-6-10-16/h4-12,15H,3,13-14H2,1-2H3,(H,21,22,24). The lowest BCUT2D eigenvalue weighted by atomic mass is 10.2. The van der Waals surface area contributed by atoms with E-state index in [1.165, 1.54) is 0 Å². The van der Waals surface area contributed by atoms with Crippen LogP contribution < -0.4 is 5.32 Å². The van der Waals surface area contributed by atoms with Crippen molar-refractivity contribution in [3.05, 3.63) is 60.2 Å². The fourth-order valence-corrected chi connectivity index (χ4v) is 2.70. The summed E-state index contributed by atoms with van der Waals surface area (Å²) in [6.45, 7) is 5.06. The fraction of sp³-hybridized carbons (Fsp3) is 0.300. The Bertz CT molecular complexity index is 843. The van der Waals surface area contributed by atoms with E-state index in [1.54, 1.807) is 6.92 Å². The molecule has 25 heavy (non-hydrogen) atoms. The number of ether oxygens (including phenoxy) is 1. The Balaban J connectivity index is 1.69. The Labute approximate surface area is 147 Å². The van der Waals surface area contributed by atoms with Gasteiger partial charge in [0.2, 0.25) is 5.95 Å². The minimum Gasteiger partial charge on any atom is -0.364 e. The molecule has 1 unspecified atom stereocenters. The lowest BCUT2D eigenvalue weighted by Crippen LogP contribution is -2.29. The van der Waals surface area contributed by atoms with Gasteiger partial charge in [-0.15, -0.1) is 0 Å². The van der Waals surface area contributed by atoms with Gasteiger partial charge in [-0.1, -0.05) is 49.4 Å². The molecular weight excluding hydrogens is 314 g/mol. The highest BCUT2D eigenvalue weighted by atomic mass is 16.5. The fourth-order valence-electron chi connectivity index (χ4n) is 2.70. The Morgan fingerprint density at radius 2 is 1.88 bits per heavy atom. The van der Waals surface area contributed by atoms with E-state index in [1.807, 2.05) is 59.2 Å². The number of carbonyl (C=O) groups excluding carboxylic acids is 1. The number of carbonyl (C=O) groups is 1. The predicted octanol–water partition coefficient (Wildman–Crippen LogP) is 3.99. The van der Waals surface area contributed by atoms with Crippen molar-refractivity contribution in [3.8, 4) is 0 Å². The summed E-state index contributed by atoms with van der Waals surface area (Å²) in [5, 5.41) is 2.91. The second-order valence-electron chi connectivity index (χ2n) is 6.00. The molecule has 0 radical (unpaired) electrons. The number of benzene rings is 2. The van der Waals surface area contributed by atoms with Crippen LogP contribution in [0.3, 0.4) is 0 Å². The van der Waals surface area contributed by atoms with E-state index in [4.69, 9.17) is 4.74 Å². The Morgan fingerprint density at radius 3 is 2.64 bits per heavy atom. The van der Waals surface area contributed by atoms with Crippen molar-refractivity contribution < 1.29 is 9.53 Å². The van der Waals surface area contributed by atoms with Gasteiger partial charge in [-0.25, -0.2) is 4.98 Å². The number of para-hydroxylation sites is 2. The molecule has 0 spiro atoms. The summed E-state index contributed by atoms with van der Waals surface area (Å²) in [6, 6.07) is 17.7. The number of nitrogens with zero attached hydrogens (tertiary/aromatic N) is 2. The van der Waals surface area contributed by atoms with Crippen molar-refractivity contribution in [1.29, 1.82) is 0 Å². The minimum atomic E-state index is -0.560. The maximum Gasteiger partial charge on any atom is 0.255 e. The zero-order valence-corrected chi connectivity index (χ0v) is 14.6. The van der Waals surface area contributed by atoms with E-state index in [0.717, 1.165) is 29.6 Å². The number of anilines is 1. The molecule has 1 N–H and O–H groups in total. The van der Waals surface area contributed by atoms with Crippen LogP contribution in [0, 0.1) is 0 Å². The third kappa shape index (κ3) is 4.06. The summed E-state index contributed by atoms with van der Waals surface area (Å²) in [6.07, 6.45) is 0.401. The Hall–Kier alpha value is -2.66. The lowest BCUT2D eigenvalue weighted by molar-refractivity contribution is -0.127. The predicted molar refractivity (Wildman–Crippen MR) is 99.3 cm³/mol. The zero-order valence-electron chi connectivity index (χ0n) is 14.6. The van der Waals surface area contributed by atoms with Crippen LogP contribution in [0.25, 0.3) is 11.0 Å². The molecule has 1 atom stereocenters. The molecule has 0 saturated carbocycles.